The zero-order chi connectivity index (χ0) is 19.9. The van der Waals surface area contributed by atoms with Crippen molar-refractivity contribution in [3.63, 3.8) is 0 Å². The number of ether oxygens (including phenoxy) is 1. The summed E-state index contributed by atoms with van der Waals surface area (Å²) in [5.41, 5.74) is 2.63. The highest BCUT2D eigenvalue weighted by Crippen LogP contribution is 2.31. The molecule has 0 bridgehead atoms. The summed E-state index contributed by atoms with van der Waals surface area (Å²) in [4.78, 5) is 24.8. The lowest BCUT2D eigenvalue weighted by molar-refractivity contribution is 0.102. The molecule has 148 valence electrons. The van der Waals surface area contributed by atoms with E-state index in [4.69, 9.17) is 4.74 Å². The molecule has 1 aliphatic carbocycles. The van der Waals surface area contributed by atoms with Gasteiger partial charge >= 0.3 is 6.03 Å². The monoisotopic (exact) mass is 381 g/mol. The number of urea groups is 1. The van der Waals surface area contributed by atoms with Crippen LogP contribution in [-0.2, 0) is 0 Å². The standard InChI is InChI=1S/C22H27N3O3/c1-15-13-19(25-22(27)23-17-11-7-4-8-12-17)20(28-2)14-18(15)24-21(26)16-9-5-3-6-10-16/h3,5-6,9-10,13-14,17H,4,7-8,11-12H2,1-2H3,(H,24,26)(H2,23,25,27). The van der Waals surface area contributed by atoms with Gasteiger partial charge in [0.1, 0.15) is 5.75 Å². The highest BCUT2D eigenvalue weighted by Gasteiger charge is 2.17. The van der Waals surface area contributed by atoms with E-state index >= 15 is 0 Å². The van der Waals surface area contributed by atoms with Gasteiger partial charge in [-0.2, -0.15) is 0 Å². The van der Waals surface area contributed by atoms with Crippen LogP contribution in [0.25, 0.3) is 0 Å². The summed E-state index contributed by atoms with van der Waals surface area (Å²) >= 11 is 0. The minimum atomic E-state index is -0.231. The SMILES string of the molecule is COc1cc(NC(=O)c2ccccc2)c(C)cc1NC(=O)NC1CCCCC1. The molecule has 0 radical (unpaired) electrons. The van der Waals surface area contributed by atoms with Crippen LogP contribution in [0.15, 0.2) is 42.5 Å². The van der Waals surface area contributed by atoms with Gasteiger partial charge in [0.25, 0.3) is 5.91 Å². The predicted molar refractivity (Wildman–Crippen MR) is 111 cm³/mol. The Labute approximate surface area is 165 Å². The Morgan fingerprint density at radius 2 is 1.68 bits per heavy atom. The summed E-state index contributed by atoms with van der Waals surface area (Å²) in [5, 5.41) is 8.81. The van der Waals surface area contributed by atoms with Crippen LogP contribution < -0.4 is 20.7 Å². The molecule has 1 fully saturated rings. The number of carbonyl (C=O) groups excluding carboxylic acids is 2. The molecule has 0 saturated heterocycles. The Hall–Kier alpha value is -3.02. The van der Waals surface area contributed by atoms with Gasteiger partial charge in [0, 0.05) is 23.4 Å². The molecular weight excluding hydrogens is 354 g/mol. The molecule has 0 unspecified atom stereocenters. The quantitative estimate of drug-likeness (QED) is 0.702. The zero-order valence-corrected chi connectivity index (χ0v) is 16.4. The van der Waals surface area contributed by atoms with Gasteiger partial charge in [-0.1, -0.05) is 37.5 Å². The molecule has 0 aromatic heterocycles. The van der Waals surface area contributed by atoms with Crippen LogP contribution in [-0.4, -0.2) is 25.1 Å². The first-order chi connectivity index (χ1) is 13.6. The van der Waals surface area contributed by atoms with E-state index in [1.807, 2.05) is 25.1 Å². The molecule has 0 atom stereocenters. The first kappa shape index (κ1) is 19.7. The van der Waals surface area contributed by atoms with Gasteiger partial charge in [-0.15, -0.1) is 0 Å². The van der Waals surface area contributed by atoms with Crippen LogP contribution in [0.5, 0.6) is 5.75 Å². The summed E-state index contributed by atoms with van der Waals surface area (Å²) < 4.78 is 5.43. The average Bonchev–Trinajstić information content (AvgIpc) is 2.71. The normalized spacial score (nSPS) is 14.2. The number of anilines is 2. The lowest BCUT2D eigenvalue weighted by Gasteiger charge is -2.23. The third kappa shape index (κ3) is 5.03. The summed E-state index contributed by atoms with van der Waals surface area (Å²) in [5.74, 6) is 0.300. The van der Waals surface area contributed by atoms with Gasteiger partial charge in [-0.05, 0) is 43.5 Å². The molecule has 3 amide bonds. The van der Waals surface area contributed by atoms with E-state index in [9.17, 15) is 9.59 Å². The van der Waals surface area contributed by atoms with Gasteiger partial charge in [0.2, 0.25) is 0 Å². The number of hydrogen-bond donors (Lipinski definition) is 3. The van der Waals surface area contributed by atoms with E-state index in [1.54, 1.807) is 24.3 Å². The number of carbonyl (C=O) groups is 2. The van der Waals surface area contributed by atoms with Crippen molar-refractivity contribution in [1.82, 2.24) is 5.32 Å². The minimum Gasteiger partial charge on any atom is -0.494 e. The molecule has 2 aromatic rings. The molecule has 2 aromatic carbocycles. The van der Waals surface area contributed by atoms with E-state index < -0.39 is 0 Å². The zero-order valence-electron chi connectivity index (χ0n) is 16.4. The first-order valence-electron chi connectivity index (χ1n) is 9.69. The van der Waals surface area contributed by atoms with Gasteiger partial charge < -0.3 is 20.7 Å². The maximum absolute atomic E-state index is 12.4. The van der Waals surface area contributed by atoms with Crippen molar-refractivity contribution in [1.29, 1.82) is 0 Å². The fourth-order valence-corrected chi connectivity index (χ4v) is 3.46. The Kier molecular flexibility index (Phi) is 6.53. The lowest BCUT2D eigenvalue weighted by Crippen LogP contribution is -2.39. The molecule has 0 spiro atoms. The number of aryl methyl sites for hydroxylation is 1. The van der Waals surface area contributed by atoms with E-state index in [-0.39, 0.29) is 18.0 Å². The van der Waals surface area contributed by atoms with Crippen LogP contribution in [0.3, 0.4) is 0 Å². The topological polar surface area (TPSA) is 79.5 Å². The number of hydrogen-bond acceptors (Lipinski definition) is 3. The molecular formula is C22H27N3O3. The number of benzene rings is 2. The predicted octanol–water partition coefficient (Wildman–Crippen LogP) is 4.71. The largest absolute Gasteiger partial charge is 0.494 e. The van der Waals surface area contributed by atoms with Crippen LogP contribution in [0.4, 0.5) is 16.2 Å². The second-order valence-electron chi connectivity index (χ2n) is 7.12. The molecule has 1 aliphatic rings. The van der Waals surface area contributed by atoms with Gasteiger partial charge in [-0.3, -0.25) is 4.79 Å². The van der Waals surface area contributed by atoms with E-state index in [0.717, 1.165) is 31.2 Å². The Balaban J connectivity index is 1.70. The fourth-order valence-electron chi connectivity index (χ4n) is 3.46. The minimum absolute atomic E-state index is 0.193. The Bertz CT molecular complexity index is 830. The molecule has 3 N–H and O–H groups in total. The number of rotatable bonds is 5. The van der Waals surface area contributed by atoms with Crippen LogP contribution in [0, 0.1) is 6.92 Å². The molecule has 3 rings (SSSR count). The maximum atomic E-state index is 12.4. The van der Waals surface area contributed by atoms with Crippen molar-refractivity contribution >= 4 is 23.3 Å². The highest BCUT2D eigenvalue weighted by atomic mass is 16.5. The first-order valence-corrected chi connectivity index (χ1v) is 9.69. The summed E-state index contributed by atoms with van der Waals surface area (Å²) in [6.45, 7) is 1.88. The van der Waals surface area contributed by atoms with Crippen molar-refractivity contribution in [2.24, 2.45) is 0 Å². The Morgan fingerprint density at radius 1 is 0.964 bits per heavy atom. The van der Waals surface area contributed by atoms with Crippen molar-refractivity contribution in [3.05, 3.63) is 53.6 Å². The number of methoxy groups -OCH3 is 1. The van der Waals surface area contributed by atoms with E-state index in [0.29, 0.717) is 22.7 Å². The number of nitrogens with one attached hydrogen (secondary N) is 3. The fraction of sp³-hybridized carbons (Fsp3) is 0.364. The molecule has 1 saturated carbocycles. The third-order valence-corrected chi connectivity index (χ3v) is 5.02. The Morgan fingerprint density at radius 3 is 2.36 bits per heavy atom. The molecule has 0 aliphatic heterocycles. The third-order valence-electron chi connectivity index (χ3n) is 5.02. The molecule has 28 heavy (non-hydrogen) atoms. The van der Waals surface area contributed by atoms with Crippen LogP contribution >= 0.6 is 0 Å². The smallest absolute Gasteiger partial charge is 0.319 e. The summed E-state index contributed by atoms with van der Waals surface area (Å²) in [6.07, 6.45) is 5.59. The molecule has 6 heteroatoms. The lowest BCUT2D eigenvalue weighted by atomic mass is 9.96. The second-order valence-corrected chi connectivity index (χ2v) is 7.12. The van der Waals surface area contributed by atoms with Crippen molar-refractivity contribution in [3.8, 4) is 5.75 Å². The van der Waals surface area contributed by atoms with E-state index in [1.165, 1.54) is 13.5 Å². The second kappa shape index (κ2) is 9.26. The molecule has 6 nitrogen and oxygen atoms in total. The molecule has 0 heterocycles. The summed E-state index contributed by atoms with van der Waals surface area (Å²) in [6, 6.07) is 12.5. The average molecular weight is 381 g/mol. The van der Waals surface area contributed by atoms with E-state index in [2.05, 4.69) is 16.0 Å². The summed E-state index contributed by atoms with van der Waals surface area (Å²) in [7, 11) is 1.54. The highest BCUT2D eigenvalue weighted by molar-refractivity contribution is 6.05. The van der Waals surface area contributed by atoms with Gasteiger partial charge in [-0.25, -0.2) is 4.79 Å². The van der Waals surface area contributed by atoms with Crippen LogP contribution in [0.2, 0.25) is 0 Å². The van der Waals surface area contributed by atoms with Gasteiger partial charge in [0.15, 0.2) is 0 Å². The van der Waals surface area contributed by atoms with Crippen molar-refractivity contribution in [2.75, 3.05) is 17.7 Å². The van der Waals surface area contributed by atoms with Gasteiger partial charge in [0.05, 0.1) is 12.8 Å². The van der Waals surface area contributed by atoms with Crippen molar-refractivity contribution < 1.29 is 14.3 Å². The van der Waals surface area contributed by atoms with Crippen LogP contribution in [0.1, 0.15) is 48.0 Å². The maximum Gasteiger partial charge on any atom is 0.319 e. The number of amides is 3. The van der Waals surface area contributed by atoms with Crippen molar-refractivity contribution in [2.45, 2.75) is 45.1 Å².